The number of pyridine rings is 1. The van der Waals surface area contributed by atoms with Crippen molar-refractivity contribution >= 4 is 23.2 Å². The number of anilines is 2. The molecule has 0 bridgehead atoms. The summed E-state index contributed by atoms with van der Waals surface area (Å²) < 4.78 is 0. The minimum atomic E-state index is -0.233. The van der Waals surface area contributed by atoms with E-state index in [0.29, 0.717) is 11.3 Å². The van der Waals surface area contributed by atoms with Crippen molar-refractivity contribution < 1.29 is 9.59 Å². The highest BCUT2D eigenvalue weighted by Gasteiger charge is 2.21. The van der Waals surface area contributed by atoms with Crippen LogP contribution in [-0.4, -0.2) is 47.9 Å². The molecule has 2 amide bonds. The highest BCUT2D eigenvalue weighted by atomic mass is 16.2. The molecule has 1 aromatic heterocycles. The van der Waals surface area contributed by atoms with Crippen LogP contribution in [0.4, 0.5) is 11.4 Å². The van der Waals surface area contributed by atoms with Crippen molar-refractivity contribution in [3.63, 3.8) is 0 Å². The maximum absolute atomic E-state index is 12.6. The molecule has 1 aromatic carbocycles. The van der Waals surface area contributed by atoms with E-state index in [9.17, 15) is 9.59 Å². The highest BCUT2D eigenvalue weighted by Crippen LogP contribution is 2.22. The summed E-state index contributed by atoms with van der Waals surface area (Å²) in [5.41, 5.74) is 2.71. The number of nitrogens with zero attached hydrogens (tertiary/aromatic N) is 3. The Kier molecular flexibility index (Phi) is 5.55. The topological polar surface area (TPSA) is 65.5 Å². The SMILES string of the molecule is O=C(Nc1ccc(N2CCCCC2)cc1)c1ccnc(C(=O)N2CCCC2)c1. The first-order valence-electron chi connectivity index (χ1n) is 10.1. The number of hydrogen-bond acceptors (Lipinski definition) is 4. The Morgan fingerprint density at radius 1 is 0.857 bits per heavy atom. The van der Waals surface area contributed by atoms with Gasteiger partial charge in [0.1, 0.15) is 5.69 Å². The average Bonchev–Trinajstić information content (AvgIpc) is 3.29. The zero-order valence-electron chi connectivity index (χ0n) is 16.1. The van der Waals surface area contributed by atoms with Gasteiger partial charge in [-0.25, -0.2) is 0 Å². The summed E-state index contributed by atoms with van der Waals surface area (Å²) in [6.45, 7) is 3.72. The van der Waals surface area contributed by atoms with Crippen LogP contribution in [0.15, 0.2) is 42.6 Å². The first kappa shape index (κ1) is 18.5. The van der Waals surface area contributed by atoms with E-state index in [-0.39, 0.29) is 11.8 Å². The van der Waals surface area contributed by atoms with Crippen LogP contribution in [0.1, 0.15) is 53.0 Å². The van der Waals surface area contributed by atoms with Gasteiger partial charge in [-0.15, -0.1) is 0 Å². The molecule has 28 heavy (non-hydrogen) atoms. The summed E-state index contributed by atoms with van der Waals surface area (Å²) in [5, 5.41) is 2.91. The standard InChI is InChI=1S/C22H26N4O2/c27-21(17-10-11-23-20(16-17)22(28)26-14-4-5-15-26)24-18-6-8-19(9-7-18)25-12-2-1-3-13-25/h6-11,16H,1-5,12-15H2,(H,24,27). The van der Waals surface area contributed by atoms with Crippen molar-refractivity contribution in [2.45, 2.75) is 32.1 Å². The van der Waals surface area contributed by atoms with Crippen LogP contribution in [0.3, 0.4) is 0 Å². The number of aromatic nitrogens is 1. The summed E-state index contributed by atoms with van der Waals surface area (Å²) in [5.74, 6) is -0.332. The second-order valence-electron chi connectivity index (χ2n) is 7.48. The molecule has 0 saturated carbocycles. The minimum absolute atomic E-state index is 0.0990. The van der Waals surface area contributed by atoms with Crippen LogP contribution in [0.25, 0.3) is 0 Å². The molecule has 0 aliphatic carbocycles. The molecule has 2 aliphatic rings. The number of benzene rings is 1. The maximum atomic E-state index is 12.6. The molecule has 2 aliphatic heterocycles. The Bertz CT molecular complexity index is 838. The zero-order valence-corrected chi connectivity index (χ0v) is 16.1. The number of piperidine rings is 1. The van der Waals surface area contributed by atoms with Crippen molar-refractivity contribution in [1.82, 2.24) is 9.88 Å². The van der Waals surface area contributed by atoms with Gasteiger partial charge < -0.3 is 15.1 Å². The molecule has 4 rings (SSSR count). The Labute approximate surface area is 165 Å². The van der Waals surface area contributed by atoms with Gasteiger partial charge in [0.25, 0.3) is 11.8 Å². The molecule has 2 aromatic rings. The lowest BCUT2D eigenvalue weighted by molar-refractivity contribution is 0.0787. The quantitative estimate of drug-likeness (QED) is 0.883. The Hall–Kier alpha value is -2.89. The molecule has 6 heteroatoms. The molecule has 1 N–H and O–H groups in total. The average molecular weight is 378 g/mol. The lowest BCUT2D eigenvalue weighted by Gasteiger charge is -2.28. The summed E-state index contributed by atoms with van der Waals surface area (Å²) in [7, 11) is 0. The number of hydrogen-bond donors (Lipinski definition) is 1. The molecule has 0 radical (unpaired) electrons. The monoisotopic (exact) mass is 378 g/mol. The fourth-order valence-corrected chi connectivity index (χ4v) is 3.88. The van der Waals surface area contributed by atoms with E-state index in [4.69, 9.17) is 0 Å². The van der Waals surface area contributed by atoms with Crippen LogP contribution >= 0.6 is 0 Å². The number of nitrogens with one attached hydrogen (secondary N) is 1. The first-order valence-corrected chi connectivity index (χ1v) is 10.1. The fraction of sp³-hybridized carbons (Fsp3) is 0.409. The second kappa shape index (κ2) is 8.42. The zero-order chi connectivity index (χ0) is 19.3. The Morgan fingerprint density at radius 2 is 1.54 bits per heavy atom. The van der Waals surface area contributed by atoms with E-state index in [1.165, 1.54) is 31.1 Å². The summed E-state index contributed by atoms with van der Waals surface area (Å²) >= 11 is 0. The predicted octanol–water partition coefficient (Wildman–Crippen LogP) is 3.56. The fourth-order valence-electron chi connectivity index (χ4n) is 3.88. The van der Waals surface area contributed by atoms with Crippen LogP contribution in [0.2, 0.25) is 0 Å². The van der Waals surface area contributed by atoms with Gasteiger partial charge >= 0.3 is 0 Å². The molecule has 3 heterocycles. The highest BCUT2D eigenvalue weighted by molar-refractivity contribution is 6.05. The van der Waals surface area contributed by atoms with E-state index < -0.39 is 0 Å². The van der Waals surface area contributed by atoms with Crippen LogP contribution in [0, 0.1) is 0 Å². The largest absolute Gasteiger partial charge is 0.372 e. The molecular weight excluding hydrogens is 352 g/mol. The second-order valence-corrected chi connectivity index (χ2v) is 7.48. The molecule has 2 saturated heterocycles. The van der Waals surface area contributed by atoms with E-state index >= 15 is 0 Å². The normalized spacial score (nSPS) is 16.9. The number of rotatable bonds is 4. The van der Waals surface area contributed by atoms with Crippen molar-refractivity contribution in [1.29, 1.82) is 0 Å². The van der Waals surface area contributed by atoms with Crippen molar-refractivity contribution in [2.24, 2.45) is 0 Å². The van der Waals surface area contributed by atoms with Crippen molar-refractivity contribution in [3.8, 4) is 0 Å². The third-order valence-electron chi connectivity index (χ3n) is 5.48. The first-order chi connectivity index (χ1) is 13.7. The molecule has 0 atom stereocenters. The number of likely N-dealkylation sites (tertiary alicyclic amines) is 1. The Morgan fingerprint density at radius 3 is 2.25 bits per heavy atom. The smallest absolute Gasteiger partial charge is 0.272 e. The lowest BCUT2D eigenvalue weighted by atomic mass is 10.1. The van der Waals surface area contributed by atoms with Crippen LogP contribution in [0.5, 0.6) is 0 Å². The molecule has 2 fully saturated rings. The number of carbonyl (C=O) groups excluding carboxylic acids is 2. The van der Waals surface area contributed by atoms with E-state index in [1.54, 1.807) is 17.0 Å². The van der Waals surface area contributed by atoms with Crippen molar-refractivity contribution in [2.75, 3.05) is 36.4 Å². The summed E-state index contributed by atoms with van der Waals surface area (Å²) in [6.07, 6.45) is 7.35. The molecular formula is C22H26N4O2. The van der Waals surface area contributed by atoms with Gasteiger partial charge in [0.2, 0.25) is 0 Å². The van der Waals surface area contributed by atoms with E-state index in [0.717, 1.165) is 44.7 Å². The third kappa shape index (κ3) is 4.16. The molecule has 146 valence electrons. The van der Waals surface area contributed by atoms with Crippen molar-refractivity contribution in [3.05, 3.63) is 53.9 Å². The maximum Gasteiger partial charge on any atom is 0.272 e. The number of amides is 2. The summed E-state index contributed by atoms with van der Waals surface area (Å²) in [6, 6.07) is 11.2. The van der Waals surface area contributed by atoms with Gasteiger partial charge in [0.05, 0.1) is 0 Å². The van der Waals surface area contributed by atoms with Gasteiger partial charge in [-0.1, -0.05) is 0 Å². The van der Waals surface area contributed by atoms with Gasteiger partial charge in [0, 0.05) is 49.3 Å². The van der Waals surface area contributed by atoms with Gasteiger partial charge in [-0.05, 0) is 68.5 Å². The molecule has 0 spiro atoms. The molecule has 0 unspecified atom stereocenters. The van der Waals surface area contributed by atoms with E-state index in [2.05, 4.69) is 27.3 Å². The number of carbonyl (C=O) groups is 2. The minimum Gasteiger partial charge on any atom is -0.372 e. The van der Waals surface area contributed by atoms with Gasteiger partial charge in [0.15, 0.2) is 0 Å². The van der Waals surface area contributed by atoms with Crippen LogP contribution < -0.4 is 10.2 Å². The van der Waals surface area contributed by atoms with E-state index in [1.807, 2.05) is 12.1 Å². The Balaban J connectivity index is 1.42. The van der Waals surface area contributed by atoms with Crippen LogP contribution in [-0.2, 0) is 0 Å². The molecule has 6 nitrogen and oxygen atoms in total. The third-order valence-corrected chi connectivity index (χ3v) is 5.48. The summed E-state index contributed by atoms with van der Waals surface area (Å²) in [4.78, 5) is 33.5. The lowest BCUT2D eigenvalue weighted by Crippen LogP contribution is -2.29. The van der Waals surface area contributed by atoms with Gasteiger partial charge in [-0.2, -0.15) is 0 Å². The van der Waals surface area contributed by atoms with Gasteiger partial charge in [-0.3, -0.25) is 14.6 Å². The predicted molar refractivity (Wildman–Crippen MR) is 110 cm³/mol.